The zero-order valence-electron chi connectivity index (χ0n) is 11.6. The Morgan fingerprint density at radius 2 is 2.19 bits per heavy atom. The number of rotatable bonds is 5. The van der Waals surface area contributed by atoms with Crippen LogP contribution in [0.5, 0.6) is 0 Å². The Bertz CT molecular complexity index is 576. The minimum absolute atomic E-state index is 0.308. The number of carbonyl (C=O) groups excluding carboxylic acids is 3. The Balaban J connectivity index is 1.96. The molecule has 1 aromatic rings. The minimum Gasteiger partial charge on any atom is -0.326 e. The predicted octanol–water partition coefficient (Wildman–Crippen LogP) is 2.00. The third-order valence-electron chi connectivity index (χ3n) is 3.09. The van der Waals surface area contributed by atoms with E-state index in [0.29, 0.717) is 17.1 Å². The Hall–Kier alpha value is -2.08. The predicted molar refractivity (Wildman–Crippen MR) is 79.0 cm³/mol. The van der Waals surface area contributed by atoms with Crippen molar-refractivity contribution in [1.82, 2.24) is 10.2 Å². The van der Waals surface area contributed by atoms with E-state index in [-0.39, 0.29) is 12.5 Å². The number of amides is 4. The van der Waals surface area contributed by atoms with E-state index in [0.717, 1.165) is 11.3 Å². The van der Waals surface area contributed by atoms with Gasteiger partial charge < -0.3 is 10.6 Å². The van der Waals surface area contributed by atoms with Crippen molar-refractivity contribution in [2.75, 3.05) is 11.9 Å². The summed E-state index contributed by atoms with van der Waals surface area (Å²) in [6.45, 7) is 1.62. The van der Waals surface area contributed by atoms with Crippen molar-refractivity contribution in [2.45, 2.75) is 25.8 Å². The second kappa shape index (κ2) is 6.58. The van der Waals surface area contributed by atoms with Crippen LogP contribution >= 0.6 is 11.6 Å². The maximum atomic E-state index is 12.0. The van der Waals surface area contributed by atoms with Crippen molar-refractivity contribution in [1.29, 1.82) is 0 Å². The minimum atomic E-state index is -0.528. The van der Waals surface area contributed by atoms with Gasteiger partial charge in [-0.1, -0.05) is 31.0 Å². The highest BCUT2D eigenvalue weighted by Gasteiger charge is 2.38. The summed E-state index contributed by atoms with van der Waals surface area (Å²) in [5.74, 6) is -0.805. The molecule has 0 spiro atoms. The first kappa shape index (κ1) is 15.3. The van der Waals surface area contributed by atoms with E-state index in [1.54, 1.807) is 24.3 Å². The lowest BCUT2D eigenvalue weighted by Gasteiger charge is -2.13. The third kappa shape index (κ3) is 3.72. The maximum Gasteiger partial charge on any atom is 0.325 e. The average Bonchev–Trinajstić information content (AvgIpc) is 2.67. The topological polar surface area (TPSA) is 78.5 Å². The molecule has 1 atom stereocenters. The summed E-state index contributed by atoms with van der Waals surface area (Å²) in [5.41, 5.74) is 0.518. The molecule has 1 aliphatic rings. The molecule has 2 N–H and O–H groups in total. The molecule has 1 unspecified atom stereocenters. The standard InChI is InChI=1S/C14H16ClN3O3/c1-2-4-11-13(20)18(14(21)17-11)8-12(19)16-10-6-3-5-9(15)7-10/h3,5-7,11H,2,4,8H2,1H3,(H,16,19)(H,17,21). The second-order valence-electron chi connectivity index (χ2n) is 4.77. The number of benzene rings is 1. The Labute approximate surface area is 127 Å². The highest BCUT2D eigenvalue weighted by atomic mass is 35.5. The molecule has 6 nitrogen and oxygen atoms in total. The van der Waals surface area contributed by atoms with Crippen LogP contribution in [-0.2, 0) is 9.59 Å². The molecular formula is C14H16ClN3O3. The molecule has 0 aromatic heterocycles. The number of anilines is 1. The lowest BCUT2D eigenvalue weighted by atomic mass is 10.2. The number of imide groups is 1. The van der Waals surface area contributed by atoms with Gasteiger partial charge in [-0.05, 0) is 24.6 Å². The number of carbonyl (C=O) groups is 3. The zero-order chi connectivity index (χ0) is 15.4. The fraction of sp³-hybridized carbons (Fsp3) is 0.357. The van der Waals surface area contributed by atoms with Crippen LogP contribution in [0.15, 0.2) is 24.3 Å². The van der Waals surface area contributed by atoms with Crippen LogP contribution in [0, 0.1) is 0 Å². The third-order valence-corrected chi connectivity index (χ3v) is 3.33. The first-order valence-corrected chi connectivity index (χ1v) is 7.06. The number of nitrogens with one attached hydrogen (secondary N) is 2. The van der Waals surface area contributed by atoms with Crippen molar-refractivity contribution in [3.63, 3.8) is 0 Å². The second-order valence-corrected chi connectivity index (χ2v) is 5.21. The van der Waals surface area contributed by atoms with Crippen LogP contribution < -0.4 is 10.6 Å². The smallest absolute Gasteiger partial charge is 0.325 e. The van der Waals surface area contributed by atoms with Gasteiger partial charge in [0.25, 0.3) is 5.91 Å². The molecule has 1 saturated heterocycles. The van der Waals surface area contributed by atoms with E-state index < -0.39 is 18.0 Å². The van der Waals surface area contributed by atoms with Crippen molar-refractivity contribution in [3.8, 4) is 0 Å². The summed E-state index contributed by atoms with van der Waals surface area (Å²) < 4.78 is 0. The summed E-state index contributed by atoms with van der Waals surface area (Å²) in [4.78, 5) is 36.5. The highest BCUT2D eigenvalue weighted by Crippen LogP contribution is 2.15. The van der Waals surface area contributed by atoms with Gasteiger partial charge in [0.1, 0.15) is 12.6 Å². The van der Waals surface area contributed by atoms with Crippen molar-refractivity contribution in [3.05, 3.63) is 29.3 Å². The van der Waals surface area contributed by atoms with Gasteiger partial charge >= 0.3 is 6.03 Å². The molecule has 112 valence electrons. The van der Waals surface area contributed by atoms with E-state index in [4.69, 9.17) is 11.6 Å². The van der Waals surface area contributed by atoms with Gasteiger partial charge in [-0.2, -0.15) is 0 Å². The molecule has 0 aliphatic carbocycles. The SMILES string of the molecule is CCCC1NC(=O)N(CC(=O)Nc2cccc(Cl)c2)C1=O. The normalized spacial score (nSPS) is 17.8. The number of urea groups is 1. The van der Waals surface area contributed by atoms with E-state index in [1.165, 1.54) is 0 Å². The first-order chi connectivity index (χ1) is 10.0. The van der Waals surface area contributed by atoms with Gasteiger partial charge in [0.15, 0.2) is 0 Å². The number of hydrogen-bond acceptors (Lipinski definition) is 3. The van der Waals surface area contributed by atoms with Gasteiger partial charge in [0.05, 0.1) is 0 Å². The quantitative estimate of drug-likeness (QED) is 0.817. The fourth-order valence-corrected chi connectivity index (χ4v) is 2.31. The van der Waals surface area contributed by atoms with Gasteiger partial charge in [0.2, 0.25) is 5.91 Å². The highest BCUT2D eigenvalue weighted by molar-refractivity contribution is 6.30. The van der Waals surface area contributed by atoms with Crippen molar-refractivity contribution < 1.29 is 14.4 Å². The maximum absolute atomic E-state index is 12.0. The molecule has 1 aromatic carbocycles. The van der Waals surface area contributed by atoms with Crippen LogP contribution in [0.25, 0.3) is 0 Å². The van der Waals surface area contributed by atoms with E-state index >= 15 is 0 Å². The summed E-state index contributed by atoms with van der Waals surface area (Å²) >= 11 is 5.82. The zero-order valence-corrected chi connectivity index (χ0v) is 12.3. The number of nitrogens with zero attached hydrogens (tertiary/aromatic N) is 1. The number of halogens is 1. The van der Waals surface area contributed by atoms with E-state index in [9.17, 15) is 14.4 Å². The van der Waals surface area contributed by atoms with Crippen LogP contribution in [-0.4, -0.2) is 35.3 Å². The summed E-state index contributed by atoms with van der Waals surface area (Å²) in [6.07, 6.45) is 1.34. The largest absolute Gasteiger partial charge is 0.326 e. The molecule has 7 heteroatoms. The molecule has 0 saturated carbocycles. The molecule has 21 heavy (non-hydrogen) atoms. The van der Waals surface area contributed by atoms with Gasteiger partial charge in [-0.25, -0.2) is 4.79 Å². The van der Waals surface area contributed by atoms with Crippen molar-refractivity contribution >= 4 is 35.1 Å². The lowest BCUT2D eigenvalue weighted by Crippen LogP contribution is -2.38. The molecule has 4 amide bonds. The van der Waals surface area contributed by atoms with Crippen LogP contribution in [0.4, 0.5) is 10.5 Å². The molecule has 1 fully saturated rings. The van der Waals surface area contributed by atoms with Gasteiger partial charge in [-0.15, -0.1) is 0 Å². The Kier molecular flexibility index (Phi) is 4.80. The van der Waals surface area contributed by atoms with Crippen LogP contribution in [0.2, 0.25) is 5.02 Å². The Morgan fingerprint density at radius 1 is 1.43 bits per heavy atom. The van der Waals surface area contributed by atoms with E-state index in [2.05, 4.69) is 10.6 Å². The Morgan fingerprint density at radius 3 is 2.86 bits per heavy atom. The molecular weight excluding hydrogens is 294 g/mol. The summed E-state index contributed by atoms with van der Waals surface area (Å²) in [7, 11) is 0. The van der Waals surface area contributed by atoms with Crippen LogP contribution in [0.3, 0.4) is 0 Å². The molecule has 1 aliphatic heterocycles. The van der Waals surface area contributed by atoms with E-state index in [1.807, 2.05) is 6.92 Å². The first-order valence-electron chi connectivity index (χ1n) is 6.68. The van der Waals surface area contributed by atoms with Gasteiger partial charge in [-0.3, -0.25) is 14.5 Å². The monoisotopic (exact) mass is 309 g/mol. The lowest BCUT2D eigenvalue weighted by molar-refractivity contribution is -0.130. The summed E-state index contributed by atoms with van der Waals surface area (Å²) in [6, 6.07) is 5.59. The molecule has 0 radical (unpaired) electrons. The molecule has 0 bridgehead atoms. The summed E-state index contributed by atoms with van der Waals surface area (Å²) in [5, 5.41) is 5.66. The molecule has 1 heterocycles. The number of hydrogen-bond donors (Lipinski definition) is 2. The van der Waals surface area contributed by atoms with Crippen molar-refractivity contribution in [2.24, 2.45) is 0 Å². The van der Waals surface area contributed by atoms with Gasteiger partial charge in [0, 0.05) is 10.7 Å². The molecule has 2 rings (SSSR count). The average molecular weight is 310 g/mol. The fourth-order valence-electron chi connectivity index (χ4n) is 2.12. The van der Waals surface area contributed by atoms with Crippen LogP contribution in [0.1, 0.15) is 19.8 Å².